The molecule has 1 heterocycles. The van der Waals surface area contributed by atoms with Crippen LogP contribution in [0, 0.1) is 5.82 Å². The van der Waals surface area contributed by atoms with Crippen molar-refractivity contribution in [1.29, 1.82) is 0 Å². The van der Waals surface area contributed by atoms with Crippen LogP contribution in [0.25, 0.3) is 0 Å². The molecule has 5 nitrogen and oxygen atoms in total. The Morgan fingerprint density at radius 3 is 3.00 bits per heavy atom. The molecule has 0 aromatic heterocycles. The Bertz CT molecular complexity index is 467. The van der Waals surface area contributed by atoms with Crippen LogP contribution in [0.5, 0.6) is 0 Å². The highest BCUT2D eigenvalue weighted by atomic mass is 19.1. The van der Waals surface area contributed by atoms with Gasteiger partial charge in [0.2, 0.25) is 0 Å². The van der Waals surface area contributed by atoms with Gasteiger partial charge < -0.3 is 15.5 Å². The number of amides is 1. The minimum Gasteiger partial charge on any atom is -0.378 e. The largest absolute Gasteiger partial charge is 0.378 e. The molecule has 1 amide bonds. The molecule has 2 atom stereocenters. The van der Waals surface area contributed by atoms with Crippen LogP contribution in [0.3, 0.4) is 0 Å². The number of benzene rings is 1. The van der Waals surface area contributed by atoms with E-state index in [1.54, 1.807) is 0 Å². The summed E-state index contributed by atoms with van der Waals surface area (Å²) in [4.78, 5) is 12.1. The Morgan fingerprint density at radius 1 is 1.53 bits per heavy atom. The molecule has 0 spiro atoms. The minimum atomic E-state index is -0.546. The Balaban J connectivity index is 2.09. The molecule has 0 radical (unpaired) electrons. The van der Waals surface area contributed by atoms with Gasteiger partial charge in [-0.15, -0.1) is 0 Å². The topological polar surface area (TPSA) is 76.4 Å². The number of hydrogen-bond donors (Lipinski definition) is 3. The van der Waals surface area contributed by atoms with Gasteiger partial charge in [0.05, 0.1) is 17.4 Å². The normalized spacial score (nSPS) is 22.9. The van der Waals surface area contributed by atoms with Crippen LogP contribution in [0.2, 0.25) is 0 Å². The summed E-state index contributed by atoms with van der Waals surface area (Å²) in [6.07, 6.45) is 1.64. The Hall–Kier alpha value is -1.66. The van der Waals surface area contributed by atoms with Crippen molar-refractivity contribution in [2.45, 2.75) is 31.9 Å². The van der Waals surface area contributed by atoms with Gasteiger partial charge in [0.25, 0.3) is 5.91 Å². The molecular weight excluding hydrogens is 249 g/mol. The second-order valence-electron chi connectivity index (χ2n) is 4.68. The standard InChI is InChI=1S/C13H18FN3O2/c1-8-7-9(5-6-19-8)16-13(18)10-3-2-4-11(14)12(10)17-15/h2-4,8-9,17H,5-7,15H2,1H3,(H,16,18). The highest BCUT2D eigenvalue weighted by molar-refractivity contribution is 5.99. The Morgan fingerprint density at radius 2 is 2.32 bits per heavy atom. The molecule has 1 aliphatic heterocycles. The second kappa shape index (κ2) is 5.99. The highest BCUT2D eigenvalue weighted by Crippen LogP contribution is 2.20. The number of anilines is 1. The van der Waals surface area contributed by atoms with Crippen LogP contribution >= 0.6 is 0 Å². The van der Waals surface area contributed by atoms with Gasteiger partial charge in [-0.3, -0.25) is 10.6 Å². The van der Waals surface area contributed by atoms with Crippen molar-refractivity contribution in [3.05, 3.63) is 29.6 Å². The lowest BCUT2D eigenvalue weighted by atomic mass is 10.0. The van der Waals surface area contributed by atoms with Crippen LogP contribution < -0.4 is 16.6 Å². The number of nitrogen functional groups attached to an aromatic ring is 1. The van der Waals surface area contributed by atoms with Gasteiger partial charge in [0.1, 0.15) is 5.82 Å². The maximum Gasteiger partial charge on any atom is 0.253 e. The summed E-state index contributed by atoms with van der Waals surface area (Å²) in [5.41, 5.74) is 2.45. The molecule has 4 N–H and O–H groups in total. The number of hydrazine groups is 1. The number of para-hydroxylation sites is 1. The number of carbonyl (C=O) groups is 1. The predicted molar refractivity (Wildman–Crippen MR) is 70.1 cm³/mol. The van der Waals surface area contributed by atoms with Crippen LogP contribution in [0.15, 0.2) is 18.2 Å². The molecule has 104 valence electrons. The average molecular weight is 267 g/mol. The Labute approximate surface area is 111 Å². The first-order valence-electron chi connectivity index (χ1n) is 6.29. The fourth-order valence-corrected chi connectivity index (χ4v) is 2.25. The molecule has 1 fully saturated rings. The van der Waals surface area contributed by atoms with Crippen molar-refractivity contribution < 1.29 is 13.9 Å². The molecule has 6 heteroatoms. The van der Waals surface area contributed by atoms with Gasteiger partial charge in [-0.25, -0.2) is 4.39 Å². The van der Waals surface area contributed by atoms with Gasteiger partial charge in [0, 0.05) is 12.6 Å². The van der Waals surface area contributed by atoms with Crippen LogP contribution in [-0.2, 0) is 4.74 Å². The van der Waals surface area contributed by atoms with Gasteiger partial charge >= 0.3 is 0 Å². The molecule has 0 saturated carbocycles. The smallest absolute Gasteiger partial charge is 0.253 e. The monoisotopic (exact) mass is 267 g/mol. The van der Waals surface area contributed by atoms with Gasteiger partial charge in [0.15, 0.2) is 0 Å². The fraction of sp³-hybridized carbons (Fsp3) is 0.462. The number of rotatable bonds is 3. The van der Waals surface area contributed by atoms with E-state index in [1.807, 2.05) is 6.92 Å². The maximum atomic E-state index is 13.5. The fourth-order valence-electron chi connectivity index (χ4n) is 2.25. The van der Waals surface area contributed by atoms with Crippen molar-refractivity contribution in [2.24, 2.45) is 5.84 Å². The number of ether oxygens (including phenoxy) is 1. The van der Waals surface area contributed by atoms with E-state index in [2.05, 4.69) is 10.7 Å². The molecule has 19 heavy (non-hydrogen) atoms. The van der Waals surface area contributed by atoms with E-state index in [0.29, 0.717) is 6.61 Å². The van der Waals surface area contributed by atoms with E-state index in [-0.39, 0.29) is 29.3 Å². The Kier molecular flexibility index (Phi) is 4.34. The summed E-state index contributed by atoms with van der Waals surface area (Å²) in [6, 6.07) is 4.32. The quantitative estimate of drug-likeness (QED) is 0.571. The van der Waals surface area contributed by atoms with E-state index in [0.717, 1.165) is 12.8 Å². The van der Waals surface area contributed by atoms with E-state index in [9.17, 15) is 9.18 Å². The van der Waals surface area contributed by atoms with Crippen LogP contribution in [0.1, 0.15) is 30.1 Å². The maximum absolute atomic E-state index is 13.5. The minimum absolute atomic E-state index is 0.0140. The number of carbonyl (C=O) groups excluding carboxylic acids is 1. The van der Waals surface area contributed by atoms with Crippen LogP contribution in [0.4, 0.5) is 10.1 Å². The van der Waals surface area contributed by atoms with Crippen LogP contribution in [-0.4, -0.2) is 24.7 Å². The van der Waals surface area contributed by atoms with Crippen molar-refractivity contribution in [3.8, 4) is 0 Å². The summed E-state index contributed by atoms with van der Waals surface area (Å²) >= 11 is 0. The van der Waals surface area contributed by atoms with Crippen molar-refractivity contribution in [2.75, 3.05) is 12.0 Å². The molecule has 1 saturated heterocycles. The molecule has 1 aromatic rings. The second-order valence-corrected chi connectivity index (χ2v) is 4.68. The van der Waals surface area contributed by atoms with Gasteiger partial charge in [-0.2, -0.15) is 0 Å². The summed E-state index contributed by atoms with van der Waals surface area (Å²) in [5.74, 6) is 4.38. The molecule has 1 aliphatic rings. The van der Waals surface area contributed by atoms with Crippen molar-refractivity contribution in [1.82, 2.24) is 5.32 Å². The average Bonchev–Trinajstić information content (AvgIpc) is 2.38. The highest BCUT2D eigenvalue weighted by Gasteiger charge is 2.23. The number of nitrogens with one attached hydrogen (secondary N) is 2. The number of hydrogen-bond acceptors (Lipinski definition) is 4. The number of nitrogens with two attached hydrogens (primary N) is 1. The zero-order chi connectivity index (χ0) is 13.8. The molecule has 2 unspecified atom stereocenters. The van der Waals surface area contributed by atoms with Gasteiger partial charge in [-0.05, 0) is 31.9 Å². The lowest BCUT2D eigenvalue weighted by Gasteiger charge is -2.28. The third-order valence-corrected chi connectivity index (χ3v) is 3.22. The first-order valence-corrected chi connectivity index (χ1v) is 6.29. The lowest BCUT2D eigenvalue weighted by molar-refractivity contribution is 0.0136. The zero-order valence-electron chi connectivity index (χ0n) is 10.8. The van der Waals surface area contributed by atoms with Crippen molar-refractivity contribution in [3.63, 3.8) is 0 Å². The SMILES string of the molecule is CC1CC(NC(=O)c2cccc(F)c2NN)CCO1. The lowest BCUT2D eigenvalue weighted by Crippen LogP contribution is -2.41. The number of halogens is 1. The van der Waals surface area contributed by atoms with E-state index in [1.165, 1.54) is 18.2 Å². The summed E-state index contributed by atoms with van der Waals surface area (Å²) in [7, 11) is 0. The molecular formula is C13H18FN3O2. The van der Waals surface area contributed by atoms with E-state index >= 15 is 0 Å². The van der Waals surface area contributed by atoms with Gasteiger partial charge in [-0.1, -0.05) is 6.07 Å². The predicted octanol–water partition coefficient (Wildman–Crippen LogP) is 1.41. The molecule has 1 aromatic carbocycles. The van der Waals surface area contributed by atoms with E-state index in [4.69, 9.17) is 10.6 Å². The zero-order valence-corrected chi connectivity index (χ0v) is 10.8. The van der Waals surface area contributed by atoms with Crippen molar-refractivity contribution >= 4 is 11.6 Å². The summed E-state index contributed by atoms with van der Waals surface area (Å²) in [6.45, 7) is 2.59. The summed E-state index contributed by atoms with van der Waals surface area (Å²) in [5, 5.41) is 2.89. The summed E-state index contributed by atoms with van der Waals surface area (Å²) < 4.78 is 18.9. The first-order chi connectivity index (χ1) is 9.11. The third kappa shape index (κ3) is 3.21. The molecule has 0 bridgehead atoms. The first kappa shape index (κ1) is 13.8. The van der Waals surface area contributed by atoms with E-state index < -0.39 is 5.82 Å². The molecule has 2 rings (SSSR count). The third-order valence-electron chi connectivity index (χ3n) is 3.22. The molecule has 0 aliphatic carbocycles.